The lowest BCUT2D eigenvalue weighted by molar-refractivity contribution is -0.130. The van der Waals surface area contributed by atoms with Gasteiger partial charge in [-0.15, -0.1) is 11.8 Å². The highest BCUT2D eigenvalue weighted by Gasteiger charge is 2.25. The summed E-state index contributed by atoms with van der Waals surface area (Å²) < 4.78 is 0. The van der Waals surface area contributed by atoms with Gasteiger partial charge in [0.2, 0.25) is 5.91 Å². The van der Waals surface area contributed by atoms with Crippen LogP contribution in [0.15, 0.2) is 0 Å². The summed E-state index contributed by atoms with van der Waals surface area (Å²) in [6.45, 7) is 3.28. The summed E-state index contributed by atoms with van der Waals surface area (Å²) >= 11 is 1.77. The van der Waals surface area contributed by atoms with Crippen LogP contribution in [0.3, 0.4) is 0 Å². The Labute approximate surface area is 95.8 Å². The first kappa shape index (κ1) is 12.4. The van der Waals surface area contributed by atoms with Crippen LogP contribution < -0.4 is 0 Å². The summed E-state index contributed by atoms with van der Waals surface area (Å²) in [5, 5.41) is 8.66. The number of carbonyl (C=O) groups excluding carboxylic acids is 1. The van der Waals surface area contributed by atoms with Crippen molar-refractivity contribution in [1.29, 1.82) is 5.26 Å². The predicted molar refractivity (Wildman–Crippen MR) is 62.6 cm³/mol. The molecule has 0 bridgehead atoms. The van der Waals surface area contributed by atoms with Crippen molar-refractivity contribution in [2.24, 2.45) is 0 Å². The fraction of sp³-hybridized carbons (Fsp3) is 0.818. The first-order valence-electron chi connectivity index (χ1n) is 5.57. The second-order valence-electron chi connectivity index (χ2n) is 3.68. The molecule has 1 amide bonds. The fourth-order valence-corrected chi connectivity index (χ4v) is 3.03. The Morgan fingerprint density at radius 2 is 2.40 bits per heavy atom. The lowest BCUT2D eigenvalue weighted by Gasteiger charge is -2.27. The van der Waals surface area contributed by atoms with E-state index in [1.54, 1.807) is 11.8 Å². The third-order valence-corrected chi connectivity index (χ3v) is 4.01. The van der Waals surface area contributed by atoms with E-state index in [0.29, 0.717) is 13.0 Å². The van der Waals surface area contributed by atoms with Crippen molar-refractivity contribution in [2.45, 2.75) is 37.9 Å². The molecular formula is C11H18N2OS. The molecule has 1 heterocycles. The number of rotatable bonds is 4. The predicted octanol–water partition coefficient (Wildman–Crippen LogP) is 2.03. The second kappa shape index (κ2) is 6.73. The van der Waals surface area contributed by atoms with Crippen molar-refractivity contribution in [1.82, 2.24) is 4.90 Å². The molecule has 0 aliphatic carbocycles. The van der Waals surface area contributed by atoms with Crippen LogP contribution in [-0.2, 0) is 4.79 Å². The third kappa shape index (κ3) is 3.75. The van der Waals surface area contributed by atoms with E-state index in [-0.39, 0.29) is 11.2 Å². The Morgan fingerprint density at radius 1 is 1.60 bits per heavy atom. The summed E-state index contributed by atoms with van der Waals surface area (Å²) in [4.78, 5) is 13.8. The number of nitrogens with zero attached hydrogens (tertiary/aromatic N) is 2. The molecule has 0 spiro atoms. The molecule has 1 fully saturated rings. The van der Waals surface area contributed by atoms with Gasteiger partial charge in [0.1, 0.15) is 0 Å². The van der Waals surface area contributed by atoms with Gasteiger partial charge in [-0.2, -0.15) is 5.26 Å². The molecule has 4 heteroatoms. The first-order chi connectivity index (χ1) is 7.29. The van der Waals surface area contributed by atoms with Gasteiger partial charge >= 0.3 is 0 Å². The van der Waals surface area contributed by atoms with Crippen LogP contribution >= 0.6 is 11.8 Å². The van der Waals surface area contributed by atoms with Crippen molar-refractivity contribution in [3.63, 3.8) is 0 Å². The van der Waals surface area contributed by atoms with Gasteiger partial charge in [-0.3, -0.25) is 4.79 Å². The van der Waals surface area contributed by atoms with Crippen molar-refractivity contribution < 1.29 is 4.79 Å². The maximum atomic E-state index is 12.0. The lowest BCUT2D eigenvalue weighted by atomic mass is 10.1. The van der Waals surface area contributed by atoms with Crippen LogP contribution in [-0.4, -0.2) is 34.9 Å². The van der Waals surface area contributed by atoms with Crippen molar-refractivity contribution in [3.05, 3.63) is 0 Å². The molecule has 1 saturated heterocycles. The number of nitriles is 1. The van der Waals surface area contributed by atoms with Crippen LogP contribution in [0.25, 0.3) is 0 Å². The van der Waals surface area contributed by atoms with Crippen LogP contribution in [0.5, 0.6) is 0 Å². The summed E-state index contributed by atoms with van der Waals surface area (Å²) in [6.07, 6.45) is 3.85. The number of carbonyl (C=O) groups is 1. The third-order valence-electron chi connectivity index (χ3n) is 2.64. The highest BCUT2D eigenvalue weighted by atomic mass is 32.2. The average Bonchev–Trinajstić information content (AvgIpc) is 2.31. The molecule has 0 saturated carbocycles. The highest BCUT2D eigenvalue weighted by molar-refractivity contribution is 8.00. The summed E-state index contributed by atoms with van der Waals surface area (Å²) in [7, 11) is 0. The molecule has 0 aromatic carbocycles. The Balaban J connectivity index is 2.44. The maximum absolute atomic E-state index is 12.0. The molecule has 84 valence electrons. The number of hydrogen-bond acceptors (Lipinski definition) is 3. The maximum Gasteiger partial charge on any atom is 0.235 e. The molecule has 15 heavy (non-hydrogen) atoms. The molecular weight excluding hydrogens is 208 g/mol. The summed E-state index contributed by atoms with van der Waals surface area (Å²) in [5.74, 6) is 1.34. The minimum Gasteiger partial charge on any atom is -0.341 e. The monoisotopic (exact) mass is 226 g/mol. The Hall–Kier alpha value is -0.690. The molecule has 1 rings (SSSR count). The number of thioether (sulfide) groups is 1. The Morgan fingerprint density at radius 3 is 2.93 bits per heavy atom. The zero-order chi connectivity index (χ0) is 11.1. The lowest BCUT2D eigenvalue weighted by Crippen LogP contribution is -2.39. The van der Waals surface area contributed by atoms with Crippen LogP contribution in [0, 0.1) is 11.3 Å². The van der Waals surface area contributed by atoms with E-state index in [1.165, 1.54) is 12.8 Å². The van der Waals surface area contributed by atoms with E-state index in [2.05, 4.69) is 6.07 Å². The standard InChI is InChI=1S/C11H18N2OS/c1-2-13(8-5-7-12)11(14)10-6-3-4-9-15-10/h10H,2-6,8-9H2,1H3. The van der Waals surface area contributed by atoms with Gasteiger partial charge in [-0.25, -0.2) is 0 Å². The minimum atomic E-state index is 0.150. The fourth-order valence-electron chi connectivity index (χ4n) is 1.75. The summed E-state index contributed by atoms with van der Waals surface area (Å²) in [5.41, 5.74) is 0. The number of hydrogen-bond donors (Lipinski definition) is 0. The number of amides is 1. The van der Waals surface area contributed by atoms with Gasteiger partial charge in [0, 0.05) is 13.1 Å². The van der Waals surface area contributed by atoms with Gasteiger partial charge in [-0.1, -0.05) is 6.42 Å². The van der Waals surface area contributed by atoms with Gasteiger partial charge < -0.3 is 4.90 Å². The van der Waals surface area contributed by atoms with E-state index >= 15 is 0 Å². The molecule has 1 aliphatic rings. The molecule has 0 aromatic rings. The van der Waals surface area contributed by atoms with E-state index in [0.717, 1.165) is 18.7 Å². The normalized spacial score (nSPS) is 20.7. The Bertz CT molecular complexity index is 243. The highest BCUT2D eigenvalue weighted by Crippen LogP contribution is 2.26. The van der Waals surface area contributed by atoms with Crippen LogP contribution in [0.1, 0.15) is 32.6 Å². The topological polar surface area (TPSA) is 44.1 Å². The molecule has 1 unspecified atom stereocenters. The average molecular weight is 226 g/mol. The van der Waals surface area contributed by atoms with Crippen LogP contribution in [0.4, 0.5) is 0 Å². The molecule has 1 aliphatic heterocycles. The molecule has 1 atom stereocenters. The molecule has 0 N–H and O–H groups in total. The minimum absolute atomic E-state index is 0.150. The van der Waals surface area contributed by atoms with Gasteiger partial charge in [0.25, 0.3) is 0 Å². The quantitative estimate of drug-likeness (QED) is 0.736. The zero-order valence-corrected chi connectivity index (χ0v) is 10.1. The zero-order valence-electron chi connectivity index (χ0n) is 9.24. The molecule has 0 radical (unpaired) electrons. The van der Waals surface area contributed by atoms with Crippen molar-refractivity contribution >= 4 is 17.7 Å². The smallest absolute Gasteiger partial charge is 0.235 e. The van der Waals surface area contributed by atoms with E-state index in [9.17, 15) is 4.79 Å². The van der Waals surface area contributed by atoms with E-state index < -0.39 is 0 Å². The van der Waals surface area contributed by atoms with E-state index in [4.69, 9.17) is 5.26 Å². The van der Waals surface area contributed by atoms with Crippen molar-refractivity contribution in [3.8, 4) is 6.07 Å². The SMILES string of the molecule is CCN(CCC#N)C(=O)C1CCCCS1. The Kier molecular flexibility index (Phi) is 5.56. The molecule has 3 nitrogen and oxygen atoms in total. The summed E-state index contributed by atoms with van der Waals surface area (Å²) in [6, 6.07) is 2.09. The van der Waals surface area contributed by atoms with Gasteiger partial charge in [0.05, 0.1) is 17.7 Å². The van der Waals surface area contributed by atoms with Gasteiger partial charge in [-0.05, 0) is 25.5 Å². The first-order valence-corrected chi connectivity index (χ1v) is 6.61. The largest absolute Gasteiger partial charge is 0.341 e. The van der Waals surface area contributed by atoms with E-state index in [1.807, 2.05) is 11.8 Å². The second-order valence-corrected chi connectivity index (χ2v) is 4.99. The van der Waals surface area contributed by atoms with Crippen LogP contribution in [0.2, 0.25) is 0 Å². The molecule has 0 aromatic heterocycles. The van der Waals surface area contributed by atoms with Gasteiger partial charge in [0.15, 0.2) is 0 Å². The van der Waals surface area contributed by atoms with Crippen molar-refractivity contribution in [2.75, 3.05) is 18.8 Å².